The Morgan fingerprint density at radius 2 is 1.96 bits per heavy atom. The molecule has 0 aromatic heterocycles. The Balaban J connectivity index is 1.64. The van der Waals surface area contributed by atoms with Gasteiger partial charge in [0.1, 0.15) is 5.54 Å². The Labute approximate surface area is 160 Å². The molecule has 1 saturated carbocycles. The van der Waals surface area contributed by atoms with Gasteiger partial charge in [0.05, 0.1) is 6.54 Å². The van der Waals surface area contributed by atoms with E-state index in [9.17, 15) is 14.4 Å². The van der Waals surface area contributed by atoms with Crippen LogP contribution < -0.4 is 15.6 Å². The minimum absolute atomic E-state index is 0.0470. The number of nitrogens with zero attached hydrogens (tertiary/aromatic N) is 2. The number of carbonyl (C=O) groups is 3. The standard InChI is InChI=1S/C20H28N4O3/c1-13-7-9-20(10-8-13)18(26)24(19(27)21-20)22-17(25)12-23(4)16-11-14(2)5-6-15(16)3/h5-6,11,13H,7-10,12H2,1-4H3,(H,21,27)(H,22,25). The summed E-state index contributed by atoms with van der Waals surface area (Å²) in [6, 6.07) is 5.49. The second-order valence-corrected chi connectivity index (χ2v) is 8.02. The maximum atomic E-state index is 12.8. The van der Waals surface area contributed by atoms with E-state index in [4.69, 9.17) is 0 Å². The predicted molar refractivity (Wildman–Crippen MR) is 103 cm³/mol. The molecule has 2 N–H and O–H groups in total. The average Bonchev–Trinajstić information content (AvgIpc) is 2.84. The van der Waals surface area contributed by atoms with Gasteiger partial charge in [0.2, 0.25) is 0 Å². The van der Waals surface area contributed by atoms with Gasteiger partial charge in [0, 0.05) is 12.7 Å². The van der Waals surface area contributed by atoms with Crippen molar-refractivity contribution in [3.63, 3.8) is 0 Å². The molecule has 1 heterocycles. The number of imide groups is 1. The molecule has 4 amide bonds. The molecule has 2 fully saturated rings. The number of anilines is 1. The molecule has 146 valence electrons. The first kappa shape index (κ1) is 19.2. The number of likely N-dealkylation sites (N-methyl/N-ethyl adjacent to an activating group) is 1. The summed E-state index contributed by atoms with van der Waals surface area (Å²) in [4.78, 5) is 39.4. The average molecular weight is 372 g/mol. The van der Waals surface area contributed by atoms with Gasteiger partial charge in [-0.15, -0.1) is 0 Å². The van der Waals surface area contributed by atoms with Crippen LogP contribution in [0.25, 0.3) is 0 Å². The minimum Gasteiger partial charge on any atom is -0.365 e. The first-order valence-electron chi connectivity index (χ1n) is 9.46. The van der Waals surface area contributed by atoms with Gasteiger partial charge in [-0.05, 0) is 62.6 Å². The fraction of sp³-hybridized carbons (Fsp3) is 0.550. The molecular weight excluding hydrogens is 344 g/mol. The van der Waals surface area contributed by atoms with Crippen molar-refractivity contribution in [2.45, 2.75) is 52.0 Å². The van der Waals surface area contributed by atoms with E-state index in [0.29, 0.717) is 18.8 Å². The van der Waals surface area contributed by atoms with Crippen molar-refractivity contribution in [2.24, 2.45) is 5.92 Å². The van der Waals surface area contributed by atoms with Crippen LogP contribution in [0, 0.1) is 19.8 Å². The molecule has 0 atom stereocenters. The number of hydrazine groups is 1. The van der Waals surface area contributed by atoms with E-state index in [0.717, 1.165) is 34.7 Å². The molecule has 1 spiro atoms. The zero-order chi connectivity index (χ0) is 19.8. The van der Waals surface area contributed by atoms with E-state index >= 15 is 0 Å². The number of hydrogen-bond donors (Lipinski definition) is 2. The van der Waals surface area contributed by atoms with Crippen molar-refractivity contribution in [1.29, 1.82) is 0 Å². The smallest absolute Gasteiger partial charge is 0.344 e. The predicted octanol–water partition coefficient (Wildman–Crippen LogP) is 2.27. The van der Waals surface area contributed by atoms with Crippen LogP contribution in [0.1, 0.15) is 43.7 Å². The van der Waals surface area contributed by atoms with E-state index < -0.39 is 17.5 Å². The second kappa shape index (κ2) is 7.21. The van der Waals surface area contributed by atoms with E-state index in [-0.39, 0.29) is 12.5 Å². The Hall–Kier alpha value is -2.57. The lowest BCUT2D eigenvalue weighted by molar-refractivity contribution is -0.139. The lowest BCUT2D eigenvalue weighted by Gasteiger charge is -2.33. The summed E-state index contributed by atoms with van der Waals surface area (Å²) in [6.07, 6.45) is 3.02. The van der Waals surface area contributed by atoms with Gasteiger partial charge in [-0.1, -0.05) is 19.1 Å². The van der Waals surface area contributed by atoms with Crippen LogP contribution in [0.5, 0.6) is 0 Å². The van der Waals surface area contributed by atoms with E-state index in [1.165, 1.54) is 0 Å². The second-order valence-electron chi connectivity index (χ2n) is 8.02. The summed E-state index contributed by atoms with van der Waals surface area (Å²) < 4.78 is 0. The SMILES string of the molecule is Cc1ccc(C)c(N(C)CC(=O)NN2C(=O)NC3(CCC(C)CC3)C2=O)c1. The summed E-state index contributed by atoms with van der Waals surface area (Å²) in [5.41, 5.74) is 4.74. The van der Waals surface area contributed by atoms with Gasteiger partial charge < -0.3 is 10.2 Å². The van der Waals surface area contributed by atoms with Crippen LogP contribution in [-0.4, -0.2) is 42.0 Å². The highest BCUT2D eigenvalue weighted by atomic mass is 16.2. The number of carbonyl (C=O) groups excluding carboxylic acids is 3. The number of amides is 4. The maximum Gasteiger partial charge on any atom is 0.344 e. The van der Waals surface area contributed by atoms with Crippen LogP contribution in [0.4, 0.5) is 10.5 Å². The fourth-order valence-corrected chi connectivity index (χ4v) is 3.91. The molecule has 1 aliphatic carbocycles. The lowest BCUT2D eigenvalue weighted by atomic mass is 9.77. The monoisotopic (exact) mass is 372 g/mol. The number of urea groups is 1. The Morgan fingerprint density at radius 3 is 2.63 bits per heavy atom. The molecule has 1 aromatic carbocycles. The van der Waals surface area contributed by atoms with E-state index in [1.54, 1.807) is 0 Å². The molecule has 0 bridgehead atoms. The van der Waals surface area contributed by atoms with Crippen molar-refractivity contribution in [3.05, 3.63) is 29.3 Å². The molecular formula is C20H28N4O3. The Bertz CT molecular complexity index is 768. The maximum absolute atomic E-state index is 12.8. The van der Waals surface area contributed by atoms with Gasteiger partial charge in [0.15, 0.2) is 0 Å². The van der Waals surface area contributed by atoms with Crippen molar-refractivity contribution >= 4 is 23.5 Å². The number of nitrogens with one attached hydrogen (secondary N) is 2. The van der Waals surface area contributed by atoms with Crippen molar-refractivity contribution < 1.29 is 14.4 Å². The Morgan fingerprint density at radius 1 is 1.30 bits per heavy atom. The van der Waals surface area contributed by atoms with Crippen LogP contribution in [0.15, 0.2) is 18.2 Å². The highest BCUT2D eigenvalue weighted by Gasteiger charge is 2.52. The number of rotatable bonds is 4. The van der Waals surface area contributed by atoms with Gasteiger partial charge in [-0.3, -0.25) is 15.0 Å². The van der Waals surface area contributed by atoms with Gasteiger partial charge >= 0.3 is 6.03 Å². The lowest BCUT2D eigenvalue weighted by Crippen LogP contribution is -2.52. The first-order valence-corrected chi connectivity index (χ1v) is 9.46. The van der Waals surface area contributed by atoms with Gasteiger partial charge in [-0.25, -0.2) is 4.79 Å². The third-order valence-corrected chi connectivity index (χ3v) is 5.68. The molecule has 7 heteroatoms. The van der Waals surface area contributed by atoms with Crippen molar-refractivity contribution in [2.75, 3.05) is 18.5 Å². The van der Waals surface area contributed by atoms with Gasteiger partial charge in [0.25, 0.3) is 11.8 Å². The third kappa shape index (κ3) is 3.77. The summed E-state index contributed by atoms with van der Waals surface area (Å²) in [7, 11) is 1.82. The molecule has 7 nitrogen and oxygen atoms in total. The number of hydrogen-bond acceptors (Lipinski definition) is 4. The molecule has 1 saturated heterocycles. The topological polar surface area (TPSA) is 81.8 Å². The highest BCUT2D eigenvalue weighted by molar-refractivity contribution is 6.08. The molecule has 0 unspecified atom stereocenters. The third-order valence-electron chi connectivity index (χ3n) is 5.68. The van der Waals surface area contributed by atoms with E-state index in [1.807, 2.05) is 44.0 Å². The zero-order valence-corrected chi connectivity index (χ0v) is 16.5. The van der Waals surface area contributed by atoms with Crippen LogP contribution in [0.2, 0.25) is 0 Å². The zero-order valence-electron chi connectivity index (χ0n) is 16.5. The molecule has 3 rings (SSSR count). The van der Waals surface area contributed by atoms with Crippen LogP contribution in [-0.2, 0) is 9.59 Å². The summed E-state index contributed by atoms with van der Waals surface area (Å²) in [5.74, 6) is -0.194. The molecule has 27 heavy (non-hydrogen) atoms. The molecule has 1 aromatic rings. The van der Waals surface area contributed by atoms with E-state index in [2.05, 4.69) is 17.7 Å². The van der Waals surface area contributed by atoms with Crippen molar-refractivity contribution in [1.82, 2.24) is 15.8 Å². The molecule has 0 radical (unpaired) electrons. The summed E-state index contributed by atoms with van der Waals surface area (Å²) in [5, 5.41) is 3.66. The number of aryl methyl sites for hydroxylation is 2. The van der Waals surface area contributed by atoms with Crippen LogP contribution >= 0.6 is 0 Å². The number of benzene rings is 1. The van der Waals surface area contributed by atoms with Gasteiger partial charge in [-0.2, -0.15) is 5.01 Å². The fourth-order valence-electron chi connectivity index (χ4n) is 3.91. The largest absolute Gasteiger partial charge is 0.365 e. The quantitative estimate of drug-likeness (QED) is 0.795. The Kier molecular flexibility index (Phi) is 5.13. The first-order chi connectivity index (χ1) is 12.7. The summed E-state index contributed by atoms with van der Waals surface area (Å²) >= 11 is 0. The van der Waals surface area contributed by atoms with Crippen LogP contribution in [0.3, 0.4) is 0 Å². The highest BCUT2D eigenvalue weighted by Crippen LogP contribution is 2.35. The van der Waals surface area contributed by atoms with Crippen molar-refractivity contribution in [3.8, 4) is 0 Å². The minimum atomic E-state index is -0.851. The molecule has 1 aliphatic heterocycles. The normalized spacial score (nSPS) is 24.9. The summed E-state index contributed by atoms with van der Waals surface area (Å²) in [6.45, 7) is 6.17. The molecule has 2 aliphatic rings.